The molecule has 2 aliphatic heterocycles. The van der Waals surface area contributed by atoms with Crippen LogP contribution in [0, 0.1) is 6.92 Å². The van der Waals surface area contributed by atoms with Crippen LogP contribution in [0.3, 0.4) is 0 Å². The van der Waals surface area contributed by atoms with Gasteiger partial charge < -0.3 is 9.64 Å². The Kier molecular flexibility index (Phi) is 5.66. The second kappa shape index (κ2) is 7.63. The maximum atomic E-state index is 12.6. The molecule has 26 heavy (non-hydrogen) atoms. The molecule has 3 heterocycles. The van der Waals surface area contributed by atoms with Crippen molar-refractivity contribution in [1.29, 1.82) is 0 Å². The van der Waals surface area contributed by atoms with E-state index in [1.54, 1.807) is 22.7 Å². The molecule has 0 atom stereocenters. The lowest BCUT2D eigenvalue weighted by Gasteiger charge is -2.44. The molecule has 2 aliphatic rings. The van der Waals surface area contributed by atoms with Gasteiger partial charge in [-0.25, -0.2) is 8.42 Å². The number of sulfonamides is 1. The summed E-state index contributed by atoms with van der Waals surface area (Å²) in [6, 6.07) is 1.59. The van der Waals surface area contributed by atoms with Gasteiger partial charge >= 0.3 is 0 Å². The molecule has 1 aromatic rings. The summed E-state index contributed by atoms with van der Waals surface area (Å²) in [5, 5.41) is 4.19. The van der Waals surface area contributed by atoms with Crippen LogP contribution in [0.1, 0.15) is 16.2 Å². The number of amides is 1. The number of rotatable bonds is 6. The van der Waals surface area contributed by atoms with Crippen molar-refractivity contribution in [2.24, 2.45) is 7.05 Å². The van der Waals surface area contributed by atoms with E-state index in [0.29, 0.717) is 45.1 Å². The summed E-state index contributed by atoms with van der Waals surface area (Å²) in [7, 11) is -1.58. The van der Waals surface area contributed by atoms with Crippen LogP contribution < -0.4 is 0 Å². The van der Waals surface area contributed by atoms with Gasteiger partial charge in [0.2, 0.25) is 10.0 Å². The quantitative estimate of drug-likeness (QED) is 0.634. The van der Waals surface area contributed by atoms with Crippen LogP contribution in [-0.4, -0.2) is 103 Å². The van der Waals surface area contributed by atoms with Gasteiger partial charge in [-0.1, -0.05) is 0 Å². The minimum absolute atomic E-state index is 0.106. The summed E-state index contributed by atoms with van der Waals surface area (Å²) >= 11 is 0. The van der Waals surface area contributed by atoms with Crippen molar-refractivity contribution >= 4 is 15.9 Å². The first-order chi connectivity index (χ1) is 12.3. The minimum Gasteiger partial charge on any atom is -0.379 e. The lowest BCUT2D eigenvalue weighted by molar-refractivity contribution is 0.0266. The first-order valence-corrected chi connectivity index (χ1v) is 10.7. The predicted octanol–water partition coefficient (Wildman–Crippen LogP) is -0.853. The van der Waals surface area contributed by atoms with Crippen molar-refractivity contribution < 1.29 is 17.9 Å². The maximum absolute atomic E-state index is 12.6. The molecule has 3 rings (SSSR count). The SMILES string of the molecule is Cc1cc(C(=O)N2CC(N(CCN3CCOCC3)S(C)(=O)=O)C2)n(C)n1. The van der Waals surface area contributed by atoms with Crippen molar-refractivity contribution in [3.05, 3.63) is 17.5 Å². The molecule has 2 fully saturated rings. The number of nitrogens with zero attached hydrogens (tertiary/aromatic N) is 5. The van der Waals surface area contributed by atoms with E-state index in [1.807, 2.05) is 6.92 Å². The van der Waals surface area contributed by atoms with E-state index in [4.69, 9.17) is 4.74 Å². The molecular formula is C16H27N5O4S. The van der Waals surface area contributed by atoms with Crippen LogP contribution in [-0.2, 0) is 21.8 Å². The highest BCUT2D eigenvalue weighted by Gasteiger charge is 2.39. The smallest absolute Gasteiger partial charge is 0.272 e. The van der Waals surface area contributed by atoms with Crippen LogP contribution in [0.25, 0.3) is 0 Å². The Bertz CT molecular complexity index is 751. The minimum atomic E-state index is -3.32. The Hall–Kier alpha value is -1.49. The fourth-order valence-corrected chi connectivity index (χ4v) is 4.55. The monoisotopic (exact) mass is 385 g/mol. The third-order valence-electron chi connectivity index (χ3n) is 4.94. The third-order valence-corrected chi connectivity index (χ3v) is 6.28. The normalized spacial score (nSPS) is 19.8. The van der Waals surface area contributed by atoms with Gasteiger partial charge in [-0.15, -0.1) is 0 Å². The molecular weight excluding hydrogens is 358 g/mol. The Morgan fingerprint density at radius 2 is 2.00 bits per heavy atom. The summed E-state index contributed by atoms with van der Waals surface area (Å²) < 4.78 is 32.8. The molecule has 0 aromatic carbocycles. The van der Waals surface area contributed by atoms with E-state index in [0.717, 1.165) is 18.8 Å². The van der Waals surface area contributed by atoms with Gasteiger partial charge in [0.15, 0.2) is 0 Å². The predicted molar refractivity (Wildman–Crippen MR) is 96.4 cm³/mol. The fourth-order valence-electron chi connectivity index (χ4n) is 3.46. The Morgan fingerprint density at radius 1 is 1.35 bits per heavy atom. The van der Waals surface area contributed by atoms with Gasteiger partial charge in [0, 0.05) is 46.3 Å². The number of carbonyl (C=O) groups excluding carboxylic acids is 1. The molecule has 9 nitrogen and oxygen atoms in total. The molecule has 0 radical (unpaired) electrons. The highest BCUT2D eigenvalue weighted by atomic mass is 32.2. The van der Waals surface area contributed by atoms with Gasteiger partial charge in [-0.05, 0) is 13.0 Å². The Labute approximate surface area is 154 Å². The van der Waals surface area contributed by atoms with E-state index in [2.05, 4.69) is 10.00 Å². The summed E-state index contributed by atoms with van der Waals surface area (Å²) in [5.41, 5.74) is 1.32. The number of aromatic nitrogens is 2. The summed E-state index contributed by atoms with van der Waals surface area (Å²) in [4.78, 5) is 16.4. The molecule has 0 N–H and O–H groups in total. The molecule has 0 unspecified atom stereocenters. The molecule has 10 heteroatoms. The third kappa shape index (κ3) is 4.25. The molecule has 0 bridgehead atoms. The zero-order valence-electron chi connectivity index (χ0n) is 15.6. The number of hydrogen-bond acceptors (Lipinski definition) is 6. The van der Waals surface area contributed by atoms with E-state index >= 15 is 0 Å². The van der Waals surface area contributed by atoms with Crippen molar-refractivity contribution in [1.82, 2.24) is 23.9 Å². The van der Waals surface area contributed by atoms with Crippen molar-refractivity contribution in [3.8, 4) is 0 Å². The van der Waals surface area contributed by atoms with E-state index in [1.165, 1.54) is 10.6 Å². The van der Waals surface area contributed by atoms with Crippen molar-refractivity contribution in [2.75, 3.05) is 58.7 Å². The van der Waals surface area contributed by atoms with Crippen LogP contribution in [0.15, 0.2) is 6.07 Å². The first kappa shape index (κ1) is 19.3. The van der Waals surface area contributed by atoms with Gasteiger partial charge in [0.1, 0.15) is 5.69 Å². The fraction of sp³-hybridized carbons (Fsp3) is 0.750. The first-order valence-electron chi connectivity index (χ1n) is 8.82. The van der Waals surface area contributed by atoms with E-state index < -0.39 is 10.0 Å². The lowest BCUT2D eigenvalue weighted by atomic mass is 10.1. The van der Waals surface area contributed by atoms with Gasteiger partial charge in [-0.2, -0.15) is 9.40 Å². The van der Waals surface area contributed by atoms with Crippen LogP contribution in [0.5, 0.6) is 0 Å². The summed E-state index contributed by atoms with van der Waals surface area (Å²) in [5.74, 6) is -0.106. The largest absolute Gasteiger partial charge is 0.379 e. The second-order valence-electron chi connectivity index (χ2n) is 6.99. The number of hydrogen-bond donors (Lipinski definition) is 0. The Morgan fingerprint density at radius 3 is 2.54 bits per heavy atom. The van der Waals surface area contributed by atoms with Crippen LogP contribution >= 0.6 is 0 Å². The number of ether oxygens (including phenoxy) is 1. The molecule has 0 saturated carbocycles. The topological polar surface area (TPSA) is 88.0 Å². The zero-order valence-corrected chi connectivity index (χ0v) is 16.4. The number of carbonyl (C=O) groups is 1. The lowest BCUT2D eigenvalue weighted by Crippen LogP contribution is -2.63. The molecule has 1 amide bonds. The average Bonchev–Trinajstić information content (AvgIpc) is 2.87. The van der Waals surface area contributed by atoms with Crippen molar-refractivity contribution in [2.45, 2.75) is 13.0 Å². The molecule has 2 saturated heterocycles. The number of morpholine rings is 1. The zero-order chi connectivity index (χ0) is 18.9. The van der Waals surface area contributed by atoms with Gasteiger partial charge in [-0.3, -0.25) is 14.4 Å². The molecule has 1 aromatic heterocycles. The molecule has 146 valence electrons. The van der Waals surface area contributed by atoms with Crippen molar-refractivity contribution in [3.63, 3.8) is 0 Å². The van der Waals surface area contributed by atoms with E-state index in [9.17, 15) is 13.2 Å². The van der Waals surface area contributed by atoms with Gasteiger partial charge in [0.25, 0.3) is 5.91 Å². The highest BCUT2D eigenvalue weighted by molar-refractivity contribution is 7.88. The highest BCUT2D eigenvalue weighted by Crippen LogP contribution is 2.20. The second-order valence-corrected chi connectivity index (χ2v) is 8.92. The summed E-state index contributed by atoms with van der Waals surface area (Å²) in [6.45, 7) is 6.83. The van der Waals surface area contributed by atoms with Crippen LogP contribution in [0.2, 0.25) is 0 Å². The standard InChI is InChI=1S/C16H27N5O4S/c1-13-10-15(18(2)17-13)16(22)20-11-14(12-20)21(26(3,23)24)5-4-19-6-8-25-9-7-19/h10,14H,4-9,11-12H2,1-3H3. The number of likely N-dealkylation sites (tertiary alicyclic amines) is 1. The molecule has 0 spiro atoms. The summed E-state index contributed by atoms with van der Waals surface area (Å²) in [6.07, 6.45) is 1.24. The average molecular weight is 385 g/mol. The number of aryl methyl sites for hydroxylation is 2. The molecule has 0 aliphatic carbocycles. The van der Waals surface area contributed by atoms with Gasteiger partial charge in [0.05, 0.1) is 31.2 Å². The van der Waals surface area contributed by atoms with Crippen LogP contribution in [0.4, 0.5) is 0 Å². The Balaban J connectivity index is 1.58. The maximum Gasteiger partial charge on any atom is 0.272 e. The van der Waals surface area contributed by atoms with E-state index in [-0.39, 0.29) is 11.9 Å².